The lowest BCUT2D eigenvalue weighted by Gasteiger charge is -2.35. The Balaban J connectivity index is 1.41. The number of carbonyl (C=O) groups is 6. The van der Waals surface area contributed by atoms with E-state index in [9.17, 15) is 39.0 Å². The predicted octanol–water partition coefficient (Wildman–Crippen LogP) is 4.63. The van der Waals surface area contributed by atoms with Gasteiger partial charge in [-0.2, -0.15) is 0 Å². The summed E-state index contributed by atoms with van der Waals surface area (Å²) in [4.78, 5) is 81.2. The van der Waals surface area contributed by atoms with Gasteiger partial charge in [-0.1, -0.05) is 24.3 Å². The minimum atomic E-state index is -1.51. The van der Waals surface area contributed by atoms with Gasteiger partial charge in [0.25, 0.3) is 23.6 Å². The van der Waals surface area contributed by atoms with Gasteiger partial charge >= 0.3 is 11.9 Å². The number of aliphatic carboxylic acids is 2. The summed E-state index contributed by atoms with van der Waals surface area (Å²) in [6, 6.07) is 16.3. The van der Waals surface area contributed by atoms with Gasteiger partial charge in [-0.15, -0.1) is 0 Å². The molecule has 2 atom stereocenters. The fourth-order valence-corrected chi connectivity index (χ4v) is 6.46. The van der Waals surface area contributed by atoms with Gasteiger partial charge in [0.15, 0.2) is 0 Å². The Morgan fingerprint density at radius 3 is 1.05 bits per heavy atom. The van der Waals surface area contributed by atoms with E-state index in [0.717, 1.165) is 7.14 Å². The van der Waals surface area contributed by atoms with E-state index < -0.39 is 47.7 Å². The Bertz CT molecular complexity index is 1730. The maximum atomic E-state index is 13.8. The molecule has 0 bridgehead atoms. The third-order valence-corrected chi connectivity index (χ3v) is 9.27. The first-order valence-corrected chi connectivity index (χ1v) is 15.4. The Kier molecular flexibility index (Phi) is 7.73. The van der Waals surface area contributed by atoms with Gasteiger partial charge in [0, 0.05) is 53.0 Å². The topological polar surface area (TPSA) is 149 Å². The van der Waals surface area contributed by atoms with Crippen molar-refractivity contribution >= 4 is 91.5 Å². The zero-order chi connectivity index (χ0) is 31.4. The van der Waals surface area contributed by atoms with Crippen LogP contribution in [0, 0.1) is 7.14 Å². The van der Waals surface area contributed by atoms with Crippen LogP contribution in [0.5, 0.6) is 0 Å². The molecule has 10 nitrogen and oxygen atoms in total. The molecule has 0 saturated carbocycles. The first-order chi connectivity index (χ1) is 21.0. The fraction of sp³-hybridized carbons (Fsp3) is 0.125. The summed E-state index contributed by atoms with van der Waals surface area (Å²) in [5.74, 6) is -6.20. The van der Waals surface area contributed by atoms with Crippen molar-refractivity contribution in [2.75, 3.05) is 0 Å². The van der Waals surface area contributed by atoms with Crippen molar-refractivity contribution in [3.8, 4) is 0 Å². The van der Waals surface area contributed by atoms with Crippen molar-refractivity contribution in [1.29, 1.82) is 0 Å². The molecule has 4 aromatic carbocycles. The summed E-state index contributed by atoms with van der Waals surface area (Å²) >= 11 is 4.22. The monoisotopic (exact) mass is 814 g/mol. The van der Waals surface area contributed by atoms with Crippen molar-refractivity contribution in [3.05, 3.63) is 113 Å². The van der Waals surface area contributed by atoms with Crippen LogP contribution in [-0.2, 0) is 22.4 Å². The largest absolute Gasteiger partial charge is 0.480 e. The molecule has 44 heavy (non-hydrogen) atoms. The zero-order valence-corrected chi connectivity index (χ0v) is 26.8. The molecule has 0 aromatic heterocycles. The summed E-state index contributed by atoms with van der Waals surface area (Å²) in [6.45, 7) is 0. The first kappa shape index (κ1) is 29.9. The molecular weight excluding hydrogens is 794 g/mol. The second-order valence-electron chi connectivity index (χ2n) is 10.4. The second-order valence-corrected chi connectivity index (χ2v) is 12.9. The van der Waals surface area contributed by atoms with Crippen LogP contribution >= 0.6 is 45.2 Å². The first-order valence-electron chi connectivity index (χ1n) is 13.3. The molecule has 2 aliphatic rings. The predicted molar refractivity (Wildman–Crippen MR) is 174 cm³/mol. The van der Waals surface area contributed by atoms with Crippen LogP contribution in [-0.4, -0.2) is 67.7 Å². The highest BCUT2D eigenvalue weighted by atomic mass is 127. The van der Waals surface area contributed by atoms with Crippen LogP contribution < -0.4 is 0 Å². The average molecular weight is 814 g/mol. The summed E-state index contributed by atoms with van der Waals surface area (Å²) in [5.41, 5.74) is 1.11. The van der Waals surface area contributed by atoms with E-state index in [1.54, 1.807) is 48.5 Å². The van der Waals surface area contributed by atoms with Crippen LogP contribution in [0.25, 0.3) is 10.8 Å². The second kappa shape index (κ2) is 11.4. The van der Waals surface area contributed by atoms with Gasteiger partial charge in [0.2, 0.25) is 0 Å². The van der Waals surface area contributed by atoms with Gasteiger partial charge in [-0.05, 0) is 105 Å². The molecule has 0 saturated heterocycles. The number of benzene rings is 4. The van der Waals surface area contributed by atoms with E-state index in [0.29, 0.717) is 20.9 Å². The molecule has 220 valence electrons. The summed E-state index contributed by atoms with van der Waals surface area (Å²) in [5, 5.41) is 20.3. The molecule has 12 heteroatoms. The molecule has 2 N–H and O–H groups in total. The molecule has 0 spiro atoms. The highest BCUT2D eigenvalue weighted by molar-refractivity contribution is 14.1. The summed E-state index contributed by atoms with van der Waals surface area (Å²) in [6.07, 6.45) is -0.247. The normalized spacial score (nSPS) is 15.5. The number of carboxylic acids is 2. The standard InChI is InChI=1S/C32H20I2N2O8/c33-17-5-1-15(2-6-17)13-23(31(41)42)35-27(37)19-9-11-21-26-22(12-10-20(25(19)26)28(35)38)30(40)36(29(21)39)24(32(43)44)14-16-3-7-18(34)8-4-16/h1-12,23-24H,13-14H2,(H,41,42)(H,43,44)/t23-,24-/m0/s1. The lowest BCUT2D eigenvalue weighted by atomic mass is 9.84. The third kappa shape index (κ3) is 4.95. The van der Waals surface area contributed by atoms with E-state index in [4.69, 9.17) is 0 Å². The third-order valence-electron chi connectivity index (χ3n) is 7.84. The number of hydrogen-bond donors (Lipinski definition) is 2. The highest BCUT2D eigenvalue weighted by Gasteiger charge is 2.45. The molecule has 4 amide bonds. The van der Waals surface area contributed by atoms with Gasteiger partial charge in [0.1, 0.15) is 12.1 Å². The van der Waals surface area contributed by atoms with Crippen molar-refractivity contribution in [3.63, 3.8) is 0 Å². The number of carbonyl (C=O) groups excluding carboxylic acids is 4. The highest BCUT2D eigenvalue weighted by Crippen LogP contribution is 2.39. The van der Waals surface area contributed by atoms with Gasteiger partial charge < -0.3 is 10.2 Å². The molecule has 2 aliphatic heterocycles. The van der Waals surface area contributed by atoms with Crippen molar-refractivity contribution < 1.29 is 39.0 Å². The SMILES string of the molecule is O=C(O)[C@H](Cc1ccc(I)cc1)N1C(=O)c2ccc3c4c(ccc(c24)C1=O)C(=O)N([C@@H](Cc1ccc(I)cc1)C(=O)O)C3=O. The molecule has 0 radical (unpaired) electrons. The summed E-state index contributed by atoms with van der Waals surface area (Å²) in [7, 11) is 0. The smallest absolute Gasteiger partial charge is 0.327 e. The van der Waals surface area contributed by atoms with Crippen molar-refractivity contribution in [1.82, 2.24) is 9.80 Å². The Morgan fingerprint density at radius 1 is 0.523 bits per heavy atom. The minimum Gasteiger partial charge on any atom is -0.480 e. The fourth-order valence-electron chi connectivity index (χ4n) is 5.74. The molecule has 0 fully saturated rings. The van der Waals surface area contributed by atoms with Gasteiger partial charge in [-0.3, -0.25) is 29.0 Å². The molecule has 0 unspecified atom stereocenters. The van der Waals surface area contributed by atoms with Gasteiger partial charge in [-0.25, -0.2) is 9.59 Å². The van der Waals surface area contributed by atoms with E-state index in [1.165, 1.54) is 24.3 Å². The van der Waals surface area contributed by atoms with Crippen LogP contribution in [0.1, 0.15) is 52.6 Å². The van der Waals surface area contributed by atoms with E-state index in [-0.39, 0.29) is 45.9 Å². The number of imide groups is 2. The molecule has 4 aromatic rings. The van der Waals surface area contributed by atoms with Crippen molar-refractivity contribution in [2.24, 2.45) is 0 Å². The maximum absolute atomic E-state index is 13.8. The minimum absolute atomic E-state index is 0.0308. The van der Waals surface area contributed by atoms with E-state index in [2.05, 4.69) is 45.2 Å². The quantitative estimate of drug-likeness (QED) is 0.193. The number of halogens is 2. The molecule has 2 heterocycles. The number of amides is 4. The summed E-state index contributed by atoms with van der Waals surface area (Å²) < 4.78 is 1.87. The Hall–Kier alpha value is -4.18. The Labute approximate surface area is 276 Å². The van der Waals surface area contributed by atoms with Crippen LogP contribution in [0.3, 0.4) is 0 Å². The van der Waals surface area contributed by atoms with Gasteiger partial charge in [0.05, 0.1) is 0 Å². The van der Waals surface area contributed by atoms with Crippen molar-refractivity contribution in [2.45, 2.75) is 24.9 Å². The molecule has 6 rings (SSSR count). The lowest BCUT2D eigenvalue weighted by molar-refractivity contribution is -0.142. The number of nitrogens with zero attached hydrogens (tertiary/aromatic N) is 2. The lowest BCUT2D eigenvalue weighted by Crippen LogP contribution is -2.53. The van der Waals surface area contributed by atoms with Crippen LogP contribution in [0.4, 0.5) is 0 Å². The van der Waals surface area contributed by atoms with Crippen LogP contribution in [0.15, 0.2) is 72.8 Å². The molecular formula is C32H20I2N2O8. The Morgan fingerprint density at radius 2 is 0.795 bits per heavy atom. The number of hydrogen-bond acceptors (Lipinski definition) is 6. The maximum Gasteiger partial charge on any atom is 0.327 e. The number of carboxylic acid groups (broad SMARTS) is 2. The van der Waals surface area contributed by atoms with E-state index in [1.807, 2.05) is 0 Å². The zero-order valence-electron chi connectivity index (χ0n) is 22.5. The average Bonchev–Trinajstić information content (AvgIpc) is 2.99. The molecule has 0 aliphatic carbocycles. The number of rotatable bonds is 8. The van der Waals surface area contributed by atoms with Crippen LogP contribution in [0.2, 0.25) is 0 Å². The van der Waals surface area contributed by atoms with E-state index >= 15 is 0 Å².